The van der Waals surface area contributed by atoms with Gasteiger partial charge in [-0.25, -0.2) is 9.37 Å². The Balaban J connectivity index is 2.10. The quantitative estimate of drug-likeness (QED) is 0.822. The molecule has 1 aromatic carbocycles. The van der Waals surface area contributed by atoms with Gasteiger partial charge in [0, 0.05) is 35.3 Å². The summed E-state index contributed by atoms with van der Waals surface area (Å²) >= 11 is 0. The summed E-state index contributed by atoms with van der Waals surface area (Å²) in [6.07, 6.45) is 3.55. The second kappa shape index (κ2) is 6.65. The van der Waals surface area contributed by atoms with E-state index in [1.54, 1.807) is 12.3 Å². The number of hydrogen-bond donors (Lipinski definition) is 0. The molecule has 20 heavy (non-hydrogen) atoms. The first kappa shape index (κ1) is 14.7. The van der Waals surface area contributed by atoms with Crippen LogP contribution in [0.25, 0.3) is 0 Å². The summed E-state index contributed by atoms with van der Waals surface area (Å²) < 4.78 is 32.6. The molecule has 0 saturated carbocycles. The van der Waals surface area contributed by atoms with Gasteiger partial charge in [-0.1, -0.05) is 0 Å². The van der Waals surface area contributed by atoms with Crippen molar-refractivity contribution in [3.8, 4) is 5.75 Å². The number of imidazole rings is 1. The van der Waals surface area contributed by atoms with Gasteiger partial charge in [-0.3, -0.25) is 4.21 Å². The Bertz CT molecular complexity index is 613. The van der Waals surface area contributed by atoms with Crippen molar-refractivity contribution in [2.24, 2.45) is 0 Å². The van der Waals surface area contributed by atoms with Crippen LogP contribution in [-0.2, 0) is 28.9 Å². The molecule has 0 unspecified atom stereocenters. The highest BCUT2D eigenvalue weighted by atomic mass is 32.2. The highest BCUT2D eigenvalue weighted by Crippen LogP contribution is 2.21. The molecule has 0 saturated heterocycles. The van der Waals surface area contributed by atoms with Crippen LogP contribution in [0.4, 0.5) is 4.39 Å². The van der Waals surface area contributed by atoms with Gasteiger partial charge >= 0.3 is 0 Å². The smallest absolute Gasteiger partial charge is 0.123 e. The summed E-state index contributed by atoms with van der Waals surface area (Å²) in [5.74, 6) is 1.57. The summed E-state index contributed by atoms with van der Waals surface area (Å²) in [6, 6.07) is 4.24. The molecule has 0 N–H and O–H groups in total. The first-order valence-corrected chi connectivity index (χ1v) is 7.80. The Labute approximate surface area is 120 Å². The number of nitrogens with zero attached hydrogens (tertiary/aromatic N) is 2. The van der Waals surface area contributed by atoms with Crippen LogP contribution in [0, 0.1) is 5.82 Å². The fourth-order valence-electron chi connectivity index (χ4n) is 2.00. The Hall–Kier alpha value is -1.69. The molecule has 1 heterocycles. The molecule has 0 aliphatic heterocycles. The lowest BCUT2D eigenvalue weighted by Gasteiger charge is -2.09. The summed E-state index contributed by atoms with van der Waals surface area (Å²) in [7, 11) is 0.355. The van der Waals surface area contributed by atoms with E-state index < -0.39 is 10.8 Å². The van der Waals surface area contributed by atoms with E-state index >= 15 is 0 Å². The van der Waals surface area contributed by atoms with Crippen molar-refractivity contribution >= 4 is 10.8 Å². The standard InChI is InChI=1S/C14H17FN2O2S/c1-3-17-7-6-16-14(17)10-20(18)9-11-8-12(15)4-5-13(11)19-2/h4-8H,3,9-10H2,1-2H3/t20-/m1/s1. The van der Waals surface area contributed by atoms with Crippen LogP contribution in [-0.4, -0.2) is 20.9 Å². The van der Waals surface area contributed by atoms with Gasteiger partial charge in [-0.2, -0.15) is 0 Å². The molecule has 6 heteroatoms. The summed E-state index contributed by atoms with van der Waals surface area (Å²) in [6.45, 7) is 2.79. The molecular formula is C14H17FN2O2S. The number of ether oxygens (including phenoxy) is 1. The number of aromatic nitrogens is 2. The molecular weight excluding hydrogens is 279 g/mol. The minimum Gasteiger partial charge on any atom is -0.496 e. The van der Waals surface area contributed by atoms with E-state index in [2.05, 4.69) is 4.98 Å². The molecule has 0 aliphatic rings. The van der Waals surface area contributed by atoms with Gasteiger partial charge in [0.1, 0.15) is 17.4 Å². The number of aryl methyl sites for hydroxylation is 1. The molecule has 108 valence electrons. The van der Waals surface area contributed by atoms with E-state index in [0.29, 0.717) is 17.1 Å². The second-order valence-corrected chi connectivity index (χ2v) is 5.77. The molecule has 0 radical (unpaired) electrons. The third-order valence-corrected chi connectivity index (χ3v) is 4.20. The second-order valence-electron chi connectivity index (χ2n) is 4.31. The van der Waals surface area contributed by atoms with E-state index in [-0.39, 0.29) is 11.6 Å². The normalized spacial score (nSPS) is 12.3. The van der Waals surface area contributed by atoms with Crippen LogP contribution in [0.15, 0.2) is 30.6 Å². The van der Waals surface area contributed by atoms with E-state index in [9.17, 15) is 8.60 Å². The number of benzene rings is 1. The lowest BCUT2D eigenvalue weighted by Crippen LogP contribution is -2.07. The number of rotatable bonds is 6. The van der Waals surface area contributed by atoms with Crippen LogP contribution in [0.3, 0.4) is 0 Å². The lowest BCUT2D eigenvalue weighted by molar-refractivity contribution is 0.410. The average molecular weight is 296 g/mol. The van der Waals surface area contributed by atoms with Gasteiger partial charge in [0.05, 0.1) is 18.6 Å². The SMILES string of the molecule is CCn1ccnc1C[S@](=O)Cc1cc(F)ccc1OC. The first-order valence-electron chi connectivity index (χ1n) is 6.31. The van der Waals surface area contributed by atoms with Crippen LogP contribution < -0.4 is 4.74 Å². The molecule has 0 fully saturated rings. The summed E-state index contributed by atoms with van der Waals surface area (Å²) in [4.78, 5) is 4.19. The zero-order chi connectivity index (χ0) is 14.5. The zero-order valence-electron chi connectivity index (χ0n) is 11.5. The van der Waals surface area contributed by atoms with Crippen LogP contribution in [0.2, 0.25) is 0 Å². The van der Waals surface area contributed by atoms with Crippen molar-refractivity contribution in [3.05, 3.63) is 47.8 Å². The Morgan fingerprint density at radius 3 is 2.90 bits per heavy atom. The third kappa shape index (κ3) is 3.45. The molecule has 2 rings (SSSR count). The minimum atomic E-state index is -1.16. The fraction of sp³-hybridized carbons (Fsp3) is 0.357. The number of methoxy groups -OCH3 is 1. The van der Waals surface area contributed by atoms with Crippen molar-refractivity contribution < 1.29 is 13.3 Å². The maximum Gasteiger partial charge on any atom is 0.123 e. The highest BCUT2D eigenvalue weighted by Gasteiger charge is 2.12. The highest BCUT2D eigenvalue weighted by molar-refractivity contribution is 7.83. The zero-order valence-corrected chi connectivity index (χ0v) is 12.3. The predicted molar refractivity (Wildman–Crippen MR) is 76.4 cm³/mol. The first-order chi connectivity index (χ1) is 9.63. The number of hydrogen-bond acceptors (Lipinski definition) is 3. The van der Waals surface area contributed by atoms with Gasteiger partial charge in [-0.05, 0) is 25.1 Å². The summed E-state index contributed by atoms with van der Waals surface area (Å²) in [5.41, 5.74) is 0.612. The van der Waals surface area contributed by atoms with Gasteiger partial charge in [0.15, 0.2) is 0 Å². The van der Waals surface area contributed by atoms with Gasteiger partial charge in [0.25, 0.3) is 0 Å². The van der Waals surface area contributed by atoms with Gasteiger partial charge in [-0.15, -0.1) is 0 Å². The Kier molecular flexibility index (Phi) is 4.89. The van der Waals surface area contributed by atoms with Crippen LogP contribution in [0.1, 0.15) is 18.3 Å². The largest absolute Gasteiger partial charge is 0.496 e. The van der Waals surface area contributed by atoms with E-state index in [1.165, 1.54) is 19.2 Å². The Morgan fingerprint density at radius 2 is 2.20 bits per heavy atom. The molecule has 0 bridgehead atoms. The lowest BCUT2D eigenvalue weighted by atomic mass is 10.2. The predicted octanol–water partition coefficient (Wildman–Crippen LogP) is 2.50. The monoisotopic (exact) mass is 296 g/mol. The van der Waals surface area contributed by atoms with Crippen LogP contribution >= 0.6 is 0 Å². The molecule has 1 atom stereocenters. The molecule has 4 nitrogen and oxygen atoms in total. The van der Waals surface area contributed by atoms with Gasteiger partial charge < -0.3 is 9.30 Å². The molecule has 0 aliphatic carbocycles. The van der Waals surface area contributed by atoms with Crippen molar-refractivity contribution in [2.75, 3.05) is 7.11 Å². The molecule has 1 aromatic heterocycles. The topological polar surface area (TPSA) is 44.1 Å². The summed E-state index contributed by atoms with van der Waals surface area (Å²) in [5, 5.41) is 0. The van der Waals surface area contributed by atoms with Gasteiger partial charge in [0.2, 0.25) is 0 Å². The molecule has 0 amide bonds. The Morgan fingerprint density at radius 1 is 1.40 bits per heavy atom. The molecule has 2 aromatic rings. The fourth-order valence-corrected chi connectivity index (χ4v) is 3.20. The maximum atomic E-state index is 13.3. The maximum absolute atomic E-state index is 13.3. The van der Waals surface area contributed by atoms with E-state index in [0.717, 1.165) is 12.4 Å². The average Bonchev–Trinajstić information content (AvgIpc) is 2.86. The van der Waals surface area contributed by atoms with Crippen molar-refractivity contribution in [3.63, 3.8) is 0 Å². The molecule has 0 spiro atoms. The van der Waals surface area contributed by atoms with Crippen LogP contribution in [0.5, 0.6) is 5.75 Å². The van der Waals surface area contributed by atoms with E-state index in [1.807, 2.05) is 17.7 Å². The van der Waals surface area contributed by atoms with Crippen molar-refractivity contribution in [1.82, 2.24) is 9.55 Å². The van der Waals surface area contributed by atoms with Crippen molar-refractivity contribution in [2.45, 2.75) is 25.0 Å². The van der Waals surface area contributed by atoms with E-state index in [4.69, 9.17) is 4.74 Å². The minimum absolute atomic E-state index is 0.248. The third-order valence-electron chi connectivity index (χ3n) is 2.99. The van der Waals surface area contributed by atoms with Crippen molar-refractivity contribution in [1.29, 1.82) is 0 Å². The number of halogens is 1.